The lowest BCUT2D eigenvalue weighted by Gasteiger charge is -2.18. The van der Waals surface area contributed by atoms with E-state index in [2.05, 4.69) is 69.4 Å². The van der Waals surface area contributed by atoms with Crippen molar-refractivity contribution in [2.75, 3.05) is 13.2 Å². The first-order valence-corrected chi connectivity index (χ1v) is 20.3. The van der Waals surface area contributed by atoms with Gasteiger partial charge in [0.05, 0.1) is 0 Å². The Morgan fingerprint density at radius 3 is 1.44 bits per heavy atom. The molecule has 0 rings (SSSR count). The number of carbonyl (C=O) groups excluding carboxylic acids is 3. The Morgan fingerprint density at radius 2 is 0.846 bits per heavy atom. The number of rotatable bonds is 34. The molecule has 0 aromatic rings. The minimum atomic E-state index is -0.810. The minimum Gasteiger partial charge on any atom is -0.462 e. The van der Waals surface area contributed by atoms with Crippen LogP contribution in [0.5, 0.6) is 0 Å². The largest absolute Gasteiger partial charge is 0.462 e. The van der Waals surface area contributed by atoms with Crippen LogP contribution in [0.2, 0.25) is 0 Å². The summed E-state index contributed by atoms with van der Waals surface area (Å²) < 4.78 is 16.5. The minimum absolute atomic E-state index is 0.116. The van der Waals surface area contributed by atoms with E-state index in [4.69, 9.17) is 14.2 Å². The summed E-state index contributed by atoms with van der Waals surface area (Å²) in [6.45, 7) is 6.20. The number of unbranched alkanes of at least 4 members (excludes halogenated alkanes) is 11. The molecule has 6 heteroatoms. The van der Waals surface area contributed by atoms with Gasteiger partial charge in [-0.2, -0.15) is 0 Å². The van der Waals surface area contributed by atoms with Crippen molar-refractivity contribution in [3.05, 3.63) is 97.2 Å². The van der Waals surface area contributed by atoms with Crippen LogP contribution >= 0.6 is 0 Å². The van der Waals surface area contributed by atoms with E-state index in [0.29, 0.717) is 19.3 Å². The monoisotopic (exact) mass is 721 g/mol. The van der Waals surface area contributed by atoms with Crippen LogP contribution in [-0.2, 0) is 28.6 Å². The van der Waals surface area contributed by atoms with E-state index in [-0.39, 0.29) is 31.1 Å². The zero-order chi connectivity index (χ0) is 38.0. The number of allylic oxidation sites excluding steroid dienone is 16. The Kier molecular flexibility index (Phi) is 37.3. The van der Waals surface area contributed by atoms with Gasteiger partial charge in [0, 0.05) is 19.3 Å². The van der Waals surface area contributed by atoms with E-state index in [9.17, 15) is 14.4 Å². The number of hydrogen-bond donors (Lipinski definition) is 0. The molecule has 0 spiro atoms. The quantitative estimate of drug-likeness (QED) is 0.0216. The Balaban J connectivity index is 4.52. The predicted molar refractivity (Wildman–Crippen MR) is 219 cm³/mol. The van der Waals surface area contributed by atoms with Crippen molar-refractivity contribution in [1.82, 2.24) is 0 Å². The second-order valence-electron chi connectivity index (χ2n) is 12.9. The number of ether oxygens (including phenoxy) is 3. The molecule has 0 saturated carbocycles. The van der Waals surface area contributed by atoms with E-state index in [0.717, 1.165) is 103 Å². The summed E-state index contributed by atoms with van der Waals surface area (Å²) in [5, 5.41) is 0. The summed E-state index contributed by atoms with van der Waals surface area (Å²) in [6, 6.07) is 0. The third-order valence-corrected chi connectivity index (χ3v) is 7.93. The van der Waals surface area contributed by atoms with Crippen LogP contribution in [0, 0.1) is 0 Å². The van der Waals surface area contributed by atoms with E-state index in [1.165, 1.54) is 12.8 Å². The van der Waals surface area contributed by atoms with E-state index >= 15 is 0 Å². The predicted octanol–water partition coefficient (Wildman–Crippen LogP) is 12.7. The Labute approximate surface area is 317 Å². The normalized spacial score (nSPS) is 13.1. The SMILES string of the molecule is CC\C=C/C=C\C=C/C=C\C=C/CCCCCC(=O)OCC(COC(=O)CCCC/C=C\C/C=C\CC)OC(=O)CCCCCC/C=C\CCCC. The molecule has 292 valence electrons. The van der Waals surface area contributed by atoms with Crippen molar-refractivity contribution in [3.63, 3.8) is 0 Å². The molecule has 6 nitrogen and oxygen atoms in total. The highest BCUT2D eigenvalue weighted by atomic mass is 16.6. The first-order chi connectivity index (χ1) is 25.5. The van der Waals surface area contributed by atoms with Crippen LogP contribution < -0.4 is 0 Å². The first-order valence-electron chi connectivity index (χ1n) is 20.3. The molecule has 0 aromatic heterocycles. The number of carbonyl (C=O) groups is 3. The maximum atomic E-state index is 12.6. The molecule has 0 N–H and O–H groups in total. The molecule has 1 unspecified atom stereocenters. The zero-order valence-electron chi connectivity index (χ0n) is 33.0. The van der Waals surface area contributed by atoms with Crippen LogP contribution in [-0.4, -0.2) is 37.2 Å². The lowest BCUT2D eigenvalue weighted by Crippen LogP contribution is -2.30. The van der Waals surface area contributed by atoms with E-state index < -0.39 is 6.10 Å². The first kappa shape index (κ1) is 48.3. The molecule has 0 heterocycles. The molecule has 0 aliphatic heterocycles. The standard InChI is InChI=1S/C46H72O6/c1-4-7-10-13-16-19-21-22-23-24-25-28-30-33-36-39-45(48)51-42-43(41-50-44(47)38-35-32-29-26-18-15-12-9-6-3)52-46(49)40-37-34-31-27-20-17-14-11-8-5-2/h7,9-10,12-14,16-19,21-26,43H,4-6,8,11,15,20,27-42H2,1-3H3/b10-7-,12-9-,16-13-,17-14-,21-19-,23-22-,25-24-,26-18-. The summed E-state index contributed by atoms with van der Waals surface area (Å²) in [5.74, 6) is -1.02. The molecule has 0 aromatic carbocycles. The van der Waals surface area contributed by atoms with Gasteiger partial charge in [0.25, 0.3) is 0 Å². The van der Waals surface area contributed by atoms with Crippen LogP contribution in [0.4, 0.5) is 0 Å². The van der Waals surface area contributed by atoms with Gasteiger partial charge in [-0.25, -0.2) is 0 Å². The average molecular weight is 721 g/mol. The highest BCUT2D eigenvalue weighted by molar-refractivity contribution is 5.71. The van der Waals surface area contributed by atoms with Gasteiger partial charge in [-0.3, -0.25) is 14.4 Å². The van der Waals surface area contributed by atoms with Crippen LogP contribution in [0.1, 0.15) is 156 Å². The maximum absolute atomic E-state index is 12.6. The van der Waals surface area contributed by atoms with Gasteiger partial charge in [0.15, 0.2) is 6.10 Å². The smallest absolute Gasteiger partial charge is 0.306 e. The van der Waals surface area contributed by atoms with Gasteiger partial charge in [-0.15, -0.1) is 0 Å². The third kappa shape index (κ3) is 37.6. The van der Waals surface area contributed by atoms with Crippen LogP contribution in [0.15, 0.2) is 97.2 Å². The second-order valence-corrected chi connectivity index (χ2v) is 12.9. The zero-order valence-corrected chi connectivity index (χ0v) is 33.0. The van der Waals surface area contributed by atoms with Crippen molar-refractivity contribution in [3.8, 4) is 0 Å². The molecule has 0 aliphatic carbocycles. The second kappa shape index (κ2) is 40.1. The lowest BCUT2D eigenvalue weighted by atomic mass is 10.1. The molecule has 0 saturated heterocycles. The third-order valence-electron chi connectivity index (χ3n) is 7.93. The van der Waals surface area contributed by atoms with Gasteiger partial charge in [0.2, 0.25) is 0 Å². The maximum Gasteiger partial charge on any atom is 0.306 e. The molecule has 0 fully saturated rings. The van der Waals surface area contributed by atoms with Gasteiger partial charge in [0.1, 0.15) is 13.2 Å². The van der Waals surface area contributed by atoms with Crippen molar-refractivity contribution in [2.45, 2.75) is 162 Å². The van der Waals surface area contributed by atoms with Gasteiger partial charge in [-0.05, 0) is 83.5 Å². The van der Waals surface area contributed by atoms with Crippen molar-refractivity contribution >= 4 is 17.9 Å². The average Bonchev–Trinajstić information content (AvgIpc) is 3.14. The van der Waals surface area contributed by atoms with Gasteiger partial charge >= 0.3 is 17.9 Å². The van der Waals surface area contributed by atoms with Crippen molar-refractivity contribution in [1.29, 1.82) is 0 Å². The highest BCUT2D eigenvalue weighted by Crippen LogP contribution is 2.11. The molecule has 0 bridgehead atoms. The lowest BCUT2D eigenvalue weighted by molar-refractivity contribution is -0.167. The number of esters is 3. The van der Waals surface area contributed by atoms with Crippen LogP contribution in [0.25, 0.3) is 0 Å². The Hall–Kier alpha value is -3.67. The number of hydrogen-bond acceptors (Lipinski definition) is 6. The molecular formula is C46H72O6. The summed E-state index contributed by atoms with van der Waals surface area (Å²) in [4.78, 5) is 37.5. The fourth-order valence-corrected chi connectivity index (χ4v) is 4.89. The Bertz CT molecular complexity index is 1100. The molecule has 52 heavy (non-hydrogen) atoms. The fourth-order valence-electron chi connectivity index (χ4n) is 4.89. The summed E-state index contributed by atoms with van der Waals surface area (Å²) in [6.07, 6.45) is 51.2. The summed E-state index contributed by atoms with van der Waals surface area (Å²) in [7, 11) is 0. The van der Waals surface area contributed by atoms with Gasteiger partial charge in [-0.1, -0.05) is 150 Å². The van der Waals surface area contributed by atoms with E-state index in [1.54, 1.807) is 0 Å². The topological polar surface area (TPSA) is 78.9 Å². The summed E-state index contributed by atoms with van der Waals surface area (Å²) in [5.41, 5.74) is 0. The molecule has 0 aliphatic rings. The molecular weight excluding hydrogens is 648 g/mol. The summed E-state index contributed by atoms with van der Waals surface area (Å²) >= 11 is 0. The fraction of sp³-hybridized carbons (Fsp3) is 0.587. The van der Waals surface area contributed by atoms with Crippen molar-refractivity contribution in [2.24, 2.45) is 0 Å². The van der Waals surface area contributed by atoms with Gasteiger partial charge < -0.3 is 14.2 Å². The molecule has 0 amide bonds. The molecule has 0 radical (unpaired) electrons. The van der Waals surface area contributed by atoms with Crippen molar-refractivity contribution < 1.29 is 28.6 Å². The van der Waals surface area contributed by atoms with E-state index in [1.807, 2.05) is 48.6 Å². The van der Waals surface area contributed by atoms with Crippen LogP contribution in [0.3, 0.4) is 0 Å². The Morgan fingerprint density at radius 1 is 0.423 bits per heavy atom. The highest BCUT2D eigenvalue weighted by Gasteiger charge is 2.19. The molecule has 1 atom stereocenters.